The molecule has 0 fully saturated rings. The molecular weight excluding hydrogens is 595 g/mol. The Labute approximate surface area is 265 Å². The van der Waals surface area contributed by atoms with Crippen molar-refractivity contribution >= 4 is 81.0 Å². The number of furan rings is 1. The fraction of sp³-hybridized carbons (Fsp3) is 0.0526. The Kier molecular flexibility index (Phi) is 5.82. The van der Waals surface area contributed by atoms with E-state index in [0.29, 0.717) is 0 Å². The maximum Gasteiger partial charge on any atom is 0.165 e. The molecule has 212 valence electrons. The van der Waals surface area contributed by atoms with Gasteiger partial charge in [-0.3, -0.25) is 0 Å². The SMILES string of the molecule is C[Si]1(C)c2ccccc2Sc2c(N(c3cccc4c3Oc3ccccc3S4)c3cccc4c3oc3ccccc34)cccc21. The van der Waals surface area contributed by atoms with Crippen LogP contribution in [0, 0.1) is 0 Å². The minimum Gasteiger partial charge on any atom is -0.454 e. The summed E-state index contributed by atoms with van der Waals surface area (Å²) in [6.45, 7) is 4.94. The van der Waals surface area contributed by atoms with E-state index in [9.17, 15) is 0 Å². The van der Waals surface area contributed by atoms with Gasteiger partial charge < -0.3 is 14.1 Å². The number of nitrogens with zero attached hydrogens (tertiary/aromatic N) is 1. The molecule has 0 atom stereocenters. The van der Waals surface area contributed by atoms with E-state index in [1.165, 1.54) is 20.2 Å². The number of hydrogen-bond acceptors (Lipinski definition) is 5. The van der Waals surface area contributed by atoms with Crippen LogP contribution in [0.25, 0.3) is 21.9 Å². The molecule has 44 heavy (non-hydrogen) atoms. The summed E-state index contributed by atoms with van der Waals surface area (Å²) in [5, 5.41) is 5.16. The van der Waals surface area contributed by atoms with Crippen LogP contribution in [-0.4, -0.2) is 8.07 Å². The first-order valence-corrected chi connectivity index (χ1v) is 19.4. The maximum absolute atomic E-state index is 6.75. The van der Waals surface area contributed by atoms with Crippen molar-refractivity contribution in [3.05, 3.63) is 127 Å². The van der Waals surface area contributed by atoms with Crippen LogP contribution < -0.4 is 20.0 Å². The van der Waals surface area contributed by atoms with Gasteiger partial charge in [-0.2, -0.15) is 0 Å². The summed E-state index contributed by atoms with van der Waals surface area (Å²) in [6, 6.07) is 45.3. The van der Waals surface area contributed by atoms with E-state index in [-0.39, 0.29) is 0 Å². The van der Waals surface area contributed by atoms with Crippen LogP contribution in [-0.2, 0) is 0 Å². The Morgan fingerprint density at radius 3 is 2.14 bits per heavy atom. The predicted octanol–water partition coefficient (Wildman–Crippen LogP) is 10.6. The number of rotatable bonds is 3. The van der Waals surface area contributed by atoms with Crippen molar-refractivity contribution < 1.29 is 9.15 Å². The zero-order chi connectivity index (χ0) is 29.4. The Bertz CT molecular complexity index is 2270. The first kappa shape index (κ1) is 26.1. The Balaban J connectivity index is 1.34. The van der Waals surface area contributed by atoms with E-state index < -0.39 is 8.07 Å². The normalized spacial score (nSPS) is 14.3. The smallest absolute Gasteiger partial charge is 0.165 e. The van der Waals surface area contributed by atoms with E-state index in [4.69, 9.17) is 9.15 Å². The maximum atomic E-state index is 6.75. The second kappa shape index (κ2) is 9.82. The third-order valence-corrected chi connectivity index (χ3v) is 15.0. The van der Waals surface area contributed by atoms with Crippen molar-refractivity contribution in [2.75, 3.05) is 4.90 Å². The molecule has 0 bridgehead atoms. The molecule has 1 aromatic heterocycles. The molecule has 2 aliphatic rings. The predicted molar refractivity (Wildman–Crippen MR) is 186 cm³/mol. The average molecular weight is 622 g/mol. The molecule has 7 aromatic rings. The topological polar surface area (TPSA) is 25.6 Å². The van der Waals surface area contributed by atoms with E-state index in [0.717, 1.165) is 60.3 Å². The highest BCUT2D eigenvalue weighted by atomic mass is 32.2. The highest BCUT2D eigenvalue weighted by molar-refractivity contribution is 8.00. The molecule has 0 aliphatic carbocycles. The summed E-state index contributed by atoms with van der Waals surface area (Å²) in [5.41, 5.74) is 4.87. The number of ether oxygens (including phenoxy) is 1. The first-order chi connectivity index (χ1) is 21.6. The van der Waals surface area contributed by atoms with Crippen LogP contribution >= 0.6 is 23.5 Å². The summed E-state index contributed by atoms with van der Waals surface area (Å²) in [7, 11) is -1.97. The lowest BCUT2D eigenvalue weighted by atomic mass is 10.1. The summed E-state index contributed by atoms with van der Waals surface area (Å²) >= 11 is 3.64. The van der Waals surface area contributed by atoms with Gasteiger partial charge in [-0.25, -0.2) is 0 Å². The standard InChI is InChI=1S/C38H27NO2S2Si/c1-44(2)34-22-8-7-20-32(34)43-38-28(16-11-23-35(38)44)39(26-14-9-13-25-24-12-3-4-17-29(24)40-36(25)26)27-15-10-21-33-37(27)41-30-18-5-6-19-31(30)42-33/h3-23H,1-2H3. The lowest BCUT2D eigenvalue weighted by Gasteiger charge is -2.37. The van der Waals surface area contributed by atoms with Gasteiger partial charge in [0.1, 0.15) is 19.4 Å². The van der Waals surface area contributed by atoms with Gasteiger partial charge in [-0.05, 0) is 58.9 Å². The van der Waals surface area contributed by atoms with Crippen LogP contribution in [0.2, 0.25) is 13.1 Å². The second-order valence-corrected chi connectivity index (χ2v) is 18.2. The minimum atomic E-state index is -1.97. The van der Waals surface area contributed by atoms with E-state index in [1.807, 2.05) is 23.9 Å². The lowest BCUT2D eigenvalue weighted by molar-refractivity contribution is 0.455. The summed E-state index contributed by atoms with van der Waals surface area (Å²) in [6.07, 6.45) is 0. The minimum absolute atomic E-state index is 0.861. The fourth-order valence-corrected chi connectivity index (χ4v) is 13.1. The van der Waals surface area contributed by atoms with Crippen molar-refractivity contribution in [1.29, 1.82) is 0 Å². The molecule has 0 spiro atoms. The number of hydrogen-bond donors (Lipinski definition) is 0. The van der Waals surface area contributed by atoms with Crippen molar-refractivity contribution in [3.63, 3.8) is 0 Å². The second-order valence-electron chi connectivity index (χ2n) is 11.7. The molecule has 0 amide bonds. The Morgan fingerprint density at radius 1 is 0.545 bits per heavy atom. The monoisotopic (exact) mass is 621 g/mol. The average Bonchev–Trinajstić information content (AvgIpc) is 3.44. The molecule has 0 saturated carbocycles. The van der Waals surface area contributed by atoms with Crippen molar-refractivity contribution in [2.45, 2.75) is 32.7 Å². The van der Waals surface area contributed by atoms with Gasteiger partial charge in [0, 0.05) is 20.6 Å². The van der Waals surface area contributed by atoms with Gasteiger partial charge in [0.15, 0.2) is 11.3 Å². The van der Waals surface area contributed by atoms with Crippen LogP contribution in [0.5, 0.6) is 11.5 Å². The van der Waals surface area contributed by atoms with E-state index in [2.05, 4.69) is 133 Å². The van der Waals surface area contributed by atoms with E-state index in [1.54, 1.807) is 11.8 Å². The zero-order valence-corrected chi connectivity index (χ0v) is 26.8. The molecule has 0 N–H and O–H groups in total. The molecule has 6 aromatic carbocycles. The van der Waals surface area contributed by atoms with Crippen LogP contribution in [0.15, 0.2) is 151 Å². The van der Waals surface area contributed by atoms with Crippen LogP contribution in [0.1, 0.15) is 0 Å². The van der Waals surface area contributed by atoms with Gasteiger partial charge in [0.05, 0.1) is 26.9 Å². The van der Waals surface area contributed by atoms with Crippen LogP contribution in [0.3, 0.4) is 0 Å². The molecule has 0 unspecified atom stereocenters. The summed E-state index contributed by atoms with van der Waals surface area (Å²) in [5.74, 6) is 1.74. The van der Waals surface area contributed by atoms with Crippen molar-refractivity contribution in [2.24, 2.45) is 0 Å². The molecule has 0 radical (unpaired) electrons. The number of fused-ring (bicyclic) bond motifs is 7. The largest absolute Gasteiger partial charge is 0.454 e. The molecular formula is C38H27NO2S2Si. The summed E-state index contributed by atoms with van der Waals surface area (Å²) in [4.78, 5) is 7.25. The van der Waals surface area contributed by atoms with Crippen molar-refractivity contribution in [1.82, 2.24) is 0 Å². The quantitative estimate of drug-likeness (QED) is 0.183. The van der Waals surface area contributed by atoms with Gasteiger partial charge in [-0.1, -0.05) is 115 Å². The Hall–Kier alpha value is -4.36. The van der Waals surface area contributed by atoms with Gasteiger partial charge in [-0.15, -0.1) is 0 Å². The first-order valence-electron chi connectivity index (χ1n) is 14.8. The molecule has 0 saturated heterocycles. The number of benzene rings is 6. The zero-order valence-electron chi connectivity index (χ0n) is 24.2. The van der Waals surface area contributed by atoms with Gasteiger partial charge in [0.2, 0.25) is 0 Å². The highest BCUT2D eigenvalue weighted by Gasteiger charge is 2.38. The van der Waals surface area contributed by atoms with Gasteiger partial charge >= 0.3 is 0 Å². The molecule has 2 aliphatic heterocycles. The number of para-hydroxylation sites is 4. The molecule has 9 rings (SSSR count). The Morgan fingerprint density at radius 2 is 1.20 bits per heavy atom. The lowest BCUT2D eigenvalue weighted by Crippen LogP contribution is -2.56. The summed E-state index contributed by atoms with van der Waals surface area (Å²) < 4.78 is 13.4. The molecule has 3 heterocycles. The fourth-order valence-electron chi connectivity index (χ4n) is 6.64. The third-order valence-electron chi connectivity index (χ3n) is 8.79. The third kappa shape index (κ3) is 3.84. The molecule has 3 nitrogen and oxygen atoms in total. The molecule has 6 heteroatoms. The number of anilines is 3. The van der Waals surface area contributed by atoms with E-state index >= 15 is 0 Å². The van der Waals surface area contributed by atoms with Gasteiger partial charge in [0.25, 0.3) is 0 Å². The highest BCUT2D eigenvalue weighted by Crippen LogP contribution is 2.55. The van der Waals surface area contributed by atoms with Crippen LogP contribution in [0.4, 0.5) is 17.1 Å². The van der Waals surface area contributed by atoms with Crippen molar-refractivity contribution in [3.8, 4) is 11.5 Å².